The number of hydrogen-bond donors (Lipinski definition) is 0. The number of carbonyl (C=O) groups excluding carboxylic acids is 1. The molecule has 0 aliphatic carbocycles. The van der Waals surface area contributed by atoms with Gasteiger partial charge >= 0.3 is 5.97 Å². The van der Waals surface area contributed by atoms with Crippen LogP contribution in [0.3, 0.4) is 0 Å². The second-order valence-corrected chi connectivity index (χ2v) is 4.68. The first-order valence-corrected chi connectivity index (χ1v) is 5.24. The fourth-order valence-electron chi connectivity index (χ4n) is 2.02. The van der Waals surface area contributed by atoms with Gasteiger partial charge in [0.2, 0.25) is 0 Å². The smallest absolute Gasteiger partial charge is 0.314 e. The zero-order valence-electron chi connectivity index (χ0n) is 9.31. The molecule has 0 aromatic heterocycles. The number of carbonyl (C=O) groups is 1. The molecule has 0 saturated heterocycles. The average Bonchev–Trinajstić information content (AvgIpc) is 2.04. The van der Waals surface area contributed by atoms with E-state index in [2.05, 4.69) is 20.8 Å². The summed E-state index contributed by atoms with van der Waals surface area (Å²) in [6.07, 6.45) is 1.64. The summed E-state index contributed by atoms with van der Waals surface area (Å²) in [5.74, 6) is -0.116. The molecule has 0 spiro atoms. The van der Waals surface area contributed by atoms with Crippen LogP contribution in [-0.4, -0.2) is 5.97 Å². The normalized spacial score (nSPS) is 12.8. The molecular formula is C10H21O2P. The Labute approximate surface area is 83.7 Å². The number of hydrogen-bond acceptors (Lipinski definition) is 2. The molecule has 0 N–H and O–H groups in total. The van der Waals surface area contributed by atoms with Gasteiger partial charge in [-0.1, -0.05) is 34.6 Å². The van der Waals surface area contributed by atoms with Gasteiger partial charge in [-0.25, -0.2) is 0 Å². The molecule has 13 heavy (non-hydrogen) atoms. The van der Waals surface area contributed by atoms with Crippen molar-refractivity contribution in [3.05, 3.63) is 0 Å². The second kappa shape index (κ2) is 4.41. The third kappa shape index (κ3) is 2.22. The molecule has 0 saturated carbocycles. The summed E-state index contributed by atoms with van der Waals surface area (Å²) < 4.78 is 4.80. The predicted molar refractivity (Wildman–Crippen MR) is 58.3 cm³/mol. The Morgan fingerprint density at radius 2 is 1.62 bits per heavy atom. The molecule has 0 bridgehead atoms. The van der Waals surface area contributed by atoms with Gasteiger partial charge in [0.05, 0.1) is 14.9 Å². The Kier molecular flexibility index (Phi) is 4.38. The van der Waals surface area contributed by atoms with E-state index in [1.54, 1.807) is 0 Å². The lowest BCUT2D eigenvalue weighted by atomic mass is 9.63. The van der Waals surface area contributed by atoms with Crippen LogP contribution in [-0.2, 0) is 9.32 Å². The molecule has 0 radical (unpaired) electrons. The summed E-state index contributed by atoms with van der Waals surface area (Å²) >= 11 is 0. The van der Waals surface area contributed by atoms with Crippen LogP contribution in [0.4, 0.5) is 0 Å². The predicted octanol–water partition coefficient (Wildman–Crippen LogP) is 3.17. The van der Waals surface area contributed by atoms with E-state index in [-0.39, 0.29) is 16.8 Å². The summed E-state index contributed by atoms with van der Waals surface area (Å²) in [5.41, 5.74) is -0.404. The lowest BCUT2D eigenvalue weighted by Gasteiger charge is -2.40. The lowest BCUT2D eigenvalue weighted by Crippen LogP contribution is -2.42. The standard InChI is InChI=1S/C10H21O2P/c1-6-10(7-2,8(11)12-13)9(3,4)5/h6-7,13H2,1-5H3. The summed E-state index contributed by atoms with van der Waals surface area (Å²) in [4.78, 5) is 11.7. The molecule has 78 valence electrons. The van der Waals surface area contributed by atoms with Crippen molar-refractivity contribution in [3.8, 4) is 0 Å². The van der Waals surface area contributed by atoms with Crippen LogP contribution in [0.5, 0.6) is 0 Å². The molecule has 0 aromatic rings. The quantitative estimate of drug-likeness (QED) is 0.660. The van der Waals surface area contributed by atoms with Crippen molar-refractivity contribution in [1.29, 1.82) is 0 Å². The van der Waals surface area contributed by atoms with Crippen LogP contribution < -0.4 is 0 Å². The van der Waals surface area contributed by atoms with Crippen molar-refractivity contribution >= 4 is 15.4 Å². The van der Waals surface area contributed by atoms with Gasteiger partial charge in [-0.2, -0.15) is 0 Å². The van der Waals surface area contributed by atoms with E-state index in [1.807, 2.05) is 23.3 Å². The van der Waals surface area contributed by atoms with Crippen molar-refractivity contribution < 1.29 is 9.32 Å². The van der Waals surface area contributed by atoms with E-state index in [0.717, 1.165) is 12.8 Å². The summed E-state index contributed by atoms with van der Waals surface area (Å²) in [7, 11) is 2.05. The van der Waals surface area contributed by atoms with Crippen molar-refractivity contribution in [2.45, 2.75) is 47.5 Å². The highest BCUT2D eigenvalue weighted by molar-refractivity contribution is 7.10. The van der Waals surface area contributed by atoms with Gasteiger partial charge in [0, 0.05) is 0 Å². The molecule has 0 rings (SSSR count). The largest absolute Gasteiger partial charge is 0.451 e. The highest BCUT2D eigenvalue weighted by Crippen LogP contribution is 2.45. The maximum Gasteiger partial charge on any atom is 0.314 e. The highest BCUT2D eigenvalue weighted by atomic mass is 31.0. The van der Waals surface area contributed by atoms with Crippen LogP contribution in [0, 0.1) is 10.8 Å². The number of rotatable bonds is 3. The zero-order valence-corrected chi connectivity index (χ0v) is 10.5. The lowest BCUT2D eigenvalue weighted by molar-refractivity contribution is -0.152. The van der Waals surface area contributed by atoms with Gasteiger partial charge in [-0.15, -0.1) is 0 Å². The van der Waals surface area contributed by atoms with Gasteiger partial charge in [-0.3, -0.25) is 4.79 Å². The third-order valence-electron chi connectivity index (χ3n) is 3.14. The minimum atomic E-state index is -0.352. The Morgan fingerprint density at radius 3 is 1.69 bits per heavy atom. The Hall–Kier alpha value is -0.100. The van der Waals surface area contributed by atoms with E-state index in [9.17, 15) is 4.79 Å². The molecule has 1 atom stereocenters. The molecule has 0 aromatic carbocycles. The van der Waals surface area contributed by atoms with Crippen LogP contribution in [0.2, 0.25) is 0 Å². The SMILES string of the molecule is CCC(CC)(C(=O)OP)C(C)(C)C. The van der Waals surface area contributed by atoms with Crippen LogP contribution in [0.1, 0.15) is 47.5 Å². The van der Waals surface area contributed by atoms with Crippen molar-refractivity contribution in [1.82, 2.24) is 0 Å². The molecular weight excluding hydrogens is 183 g/mol. The maximum atomic E-state index is 11.7. The van der Waals surface area contributed by atoms with Crippen molar-refractivity contribution in [2.75, 3.05) is 0 Å². The van der Waals surface area contributed by atoms with Gasteiger partial charge in [0.15, 0.2) is 0 Å². The first kappa shape index (κ1) is 12.9. The summed E-state index contributed by atoms with van der Waals surface area (Å²) in [6.45, 7) is 10.3. The molecule has 0 fully saturated rings. The monoisotopic (exact) mass is 204 g/mol. The topological polar surface area (TPSA) is 26.3 Å². The van der Waals surface area contributed by atoms with Crippen molar-refractivity contribution in [3.63, 3.8) is 0 Å². The molecule has 0 aliphatic heterocycles. The summed E-state index contributed by atoms with van der Waals surface area (Å²) in [6, 6.07) is 0. The van der Waals surface area contributed by atoms with E-state index in [1.165, 1.54) is 0 Å². The third-order valence-corrected chi connectivity index (χ3v) is 3.35. The van der Waals surface area contributed by atoms with Crippen LogP contribution >= 0.6 is 9.47 Å². The first-order chi connectivity index (χ1) is 5.85. The molecule has 0 amide bonds. The Morgan fingerprint density at radius 1 is 1.23 bits per heavy atom. The van der Waals surface area contributed by atoms with Gasteiger partial charge < -0.3 is 4.52 Å². The maximum absolute atomic E-state index is 11.7. The van der Waals surface area contributed by atoms with Gasteiger partial charge in [0.1, 0.15) is 0 Å². The van der Waals surface area contributed by atoms with Crippen LogP contribution in [0.15, 0.2) is 0 Å². The second-order valence-electron chi connectivity index (χ2n) is 4.44. The molecule has 0 heterocycles. The van der Waals surface area contributed by atoms with Gasteiger partial charge in [0.25, 0.3) is 0 Å². The van der Waals surface area contributed by atoms with E-state index in [4.69, 9.17) is 4.52 Å². The van der Waals surface area contributed by atoms with E-state index in [0.29, 0.717) is 0 Å². The first-order valence-electron chi connectivity index (χ1n) is 4.77. The Balaban J connectivity index is 5.03. The molecule has 3 heteroatoms. The van der Waals surface area contributed by atoms with Gasteiger partial charge in [-0.05, 0) is 18.3 Å². The molecule has 2 nitrogen and oxygen atoms in total. The van der Waals surface area contributed by atoms with E-state index < -0.39 is 0 Å². The minimum absolute atomic E-state index is 0.0514. The summed E-state index contributed by atoms with van der Waals surface area (Å²) in [5, 5.41) is 0. The highest BCUT2D eigenvalue weighted by Gasteiger charge is 2.46. The molecule has 1 unspecified atom stereocenters. The van der Waals surface area contributed by atoms with Crippen molar-refractivity contribution in [2.24, 2.45) is 10.8 Å². The average molecular weight is 204 g/mol. The molecule has 0 aliphatic rings. The van der Waals surface area contributed by atoms with Crippen LogP contribution in [0.25, 0.3) is 0 Å². The minimum Gasteiger partial charge on any atom is -0.451 e. The Bertz CT molecular complexity index is 178. The zero-order chi connectivity index (χ0) is 10.7. The van der Waals surface area contributed by atoms with E-state index >= 15 is 0 Å². The fourth-order valence-corrected chi connectivity index (χ4v) is 2.24. The fraction of sp³-hybridized carbons (Fsp3) is 0.900.